The first-order chi connectivity index (χ1) is 11.2. The molecule has 124 valence electrons. The van der Waals surface area contributed by atoms with Crippen molar-refractivity contribution in [2.45, 2.75) is 19.4 Å². The van der Waals surface area contributed by atoms with Gasteiger partial charge in [-0.2, -0.15) is 0 Å². The van der Waals surface area contributed by atoms with Crippen LogP contribution in [0.5, 0.6) is 0 Å². The molecule has 0 spiro atoms. The molecule has 23 heavy (non-hydrogen) atoms. The Morgan fingerprint density at radius 2 is 2.13 bits per heavy atom. The van der Waals surface area contributed by atoms with E-state index >= 15 is 0 Å². The molecule has 0 radical (unpaired) electrons. The third-order valence-corrected chi connectivity index (χ3v) is 3.57. The molecule has 1 aromatic carbocycles. The summed E-state index contributed by atoms with van der Waals surface area (Å²) in [5, 5.41) is 6.31. The number of carbonyl (C=O) groups excluding carboxylic acids is 2. The van der Waals surface area contributed by atoms with Crippen molar-refractivity contribution in [1.82, 2.24) is 15.6 Å². The molecule has 1 atom stereocenters. The van der Waals surface area contributed by atoms with Crippen LogP contribution in [0.4, 0.5) is 4.79 Å². The van der Waals surface area contributed by atoms with Gasteiger partial charge >= 0.3 is 6.09 Å². The van der Waals surface area contributed by atoms with Crippen LogP contribution in [0.15, 0.2) is 30.5 Å². The quantitative estimate of drug-likeness (QED) is 0.677. The van der Waals surface area contributed by atoms with Crippen molar-refractivity contribution in [2.75, 3.05) is 19.0 Å². The second kappa shape index (κ2) is 8.43. The van der Waals surface area contributed by atoms with Crippen LogP contribution in [0.2, 0.25) is 0 Å². The smallest absolute Gasteiger partial charge is 0.407 e. The first-order valence-electron chi connectivity index (χ1n) is 7.47. The molecule has 1 aromatic heterocycles. The van der Waals surface area contributed by atoms with E-state index < -0.39 is 12.1 Å². The standard InChI is InChI=1S/C16H20ClN3O3/c1-2-23-16(22)20-14(15(21)18-8-7-17)9-11-10-19-13-6-4-3-5-12(11)13/h3-6,10,14,19H,2,7-9H2,1H3,(H,18,21)(H,20,22)/t14-/m1/s1. The predicted octanol–water partition coefficient (Wildman–Crippen LogP) is 2.18. The summed E-state index contributed by atoms with van der Waals surface area (Å²) in [6.45, 7) is 2.30. The number of hydrogen-bond donors (Lipinski definition) is 3. The van der Waals surface area contributed by atoms with Gasteiger partial charge in [0.1, 0.15) is 6.04 Å². The van der Waals surface area contributed by atoms with Crippen molar-refractivity contribution in [1.29, 1.82) is 0 Å². The Morgan fingerprint density at radius 1 is 1.35 bits per heavy atom. The van der Waals surface area contributed by atoms with Gasteiger partial charge in [-0.25, -0.2) is 4.79 Å². The van der Waals surface area contributed by atoms with E-state index in [4.69, 9.17) is 16.3 Å². The number of H-pyrrole nitrogens is 1. The molecule has 0 aliphatic heterocycles. The fraction of sp³-hybridized carbons (Fsp3) is 0.375. The van der Waals surface area contributed by atoms with E-state index in [0.29, 0.717) is 18.8 Å². The van der Waals surface area contributed by atoms with Gasteiger partial charge in [-0.15, -0.1) is 11.6 Å². The highest BCUT2D eigenvalue weighted by Gasteiger charge is 2.22. The van der Waals surface area contributed by atoms with Gasteiger partial charge in [-0.3, -0.25) is 4.79 Å². The molecule has 0 unspecified atom stereocenters. The summed E-state index contributed by atoms with van der Waals surface area (Å²) < 4.78 is 4.87. The lowest BCUT2D eigenvalue weighted by atomic mass is 10.0. The predicted molar refractivity (Wildman–Crippen MR) is 89.7 cm³/mol. The van der Waals surface area contributed by atoms with E-state index in [9.17, 15) is 9.59 Å². The van der Waals surface area contributed by atoms with Crippen molar-refractivity contribution >= 4 is 34.5 Å². The molecule has 2 rings (SSSR count). The number of amides is 2. The van der Waals surface area contributed by atoms with Gasteiger partial charge in [-0.05, 0) is 18.6 Å². The average Bonchev–Trinajstić information content (AvgIpc) is 2.95. The largest absolute Gasteiger partial charge is 0.450 e. The molecule has 2 aromatic rings. The summed E-state index contributed by atoms with van der Waals surface area (Å²) in [4.78, 5) is 27.1. The Labute approximate surface area is 139 Å². The SMILES string of the molecule is CCOC(=O)N[C@H](Cc1c[nH]c2ccccc12)C(=O)NCCCl. The van der Waals surface area contributed by atoms with Crippen LogP contribution in [0.1, 0.15) is 12.5 Å². The maximum atomic E-state index is 12.3. The van der Waals surface area contributed by atoms with E-state index in [0.717, 1.165) is 16.5 Å². The summed E-state index contributed by atoms with van der Waals surface area (Å²) >= 11 is 5.59. The number of carbonyl (C=O) groups is 2. The number of ether oxygens (including phenoxy) is 1. The number of fused-ring (bicyclic) bond motifs is 1. The molecule has 0 bridgehead atoms. The van der Waals surface area contributed by atoms with Crippen LogP contribution in [0, 0.1) is 0 Å². The fourth-order valence-corrected chi connectivity index (χ4v) is 2.43. The van der Waals surface area contributed by atoms with Crippen LogP contribution in [0.25, 0.3) is 10.9 Å². The number of benzene rings is 1. The molecule has 6 nitrogen and oxygen atoms in total. The van der Waals surface area contributed by atoms with Crippen molar-refractivity contribution in [3.05, 3.63) is 36.0 Å². The minimum absolute atomic E-state index is 0.245. The number of hydrogen-bond acceptors (Lipinski definition) is 3. The third kappa shape index (κ3) is 4.63. The number of nitrogens with one attached hydrogen (secondary N) is 3. The molecule has 2 amide bonds. The van der Waals surface area contributed by atoms with Crippen molar-refractivity contribution in [2.24, 2.45) is 0 Å². The van der Waals surface area contributed by atoms with Crippen LogP contribution in [0.3, 0.4) is 0 Å². The minimum atomic E-state index is -0.725. The molecule has 0 saturated heterocycles. The number of halogens is 1. The first-order valence-corrected chi connectivity index (χ1v) is 8.01. The zero-order chi connectivity index (χ0) is 16.7. The summed E-state index contributed by atoms with van der Waals surface area (Å²) in [6.07, 6.45) is 1.59. The number of alkyl halides is 1. The van der Waals surface area contributed by atoms with E-state index in [1.54, 1.807) is 6.92 Å². The molecular formula is C16H20ClN3O3. The Morgan fingerprint density at radius 3 is 2.87 bits per heavy atom. The molecule has 7 heteroatoms. The zero-order valence-electron chi connectivity index (χ0n) is 12.9. The van der Waals surface area contributed by atoms with Crippen LogP contribution < -0.4 is 10.6 Å². The van der Waals surface area contributed by atoms with E-state index in [-0.39, 0.29) is 12.5 Å². The lowest BCUT2D eigenvalue weighted by Crippen LogP contribution is -2.48. The summed E-state index contributed by atoms with van der Waals surface area (Å²) in [6, 6.07) is 7.07. The van der Waals surface area contributed by atoms with E-state index in [2.05, 4.69) is 15.6 Å². The Hall–Kier alpha value is -2.21. The first kappa shape index (κ1) is 17.1. The lowest BCUT2D eigenvalue weighted by Gasteiger charge is -2.17. The lowest BCUT2D eigenvalue weighted by molar-refractivity contribution is -0.122. The maximum Gasteiger partial charge on any atom is 0.407 e. The highest BCUT2D eigenvalue weighted by molar-refractivity contribution is 6.18. The normalized spacial score (nSPS) is 11.9. The highest BCUT2D eigenvalue weighted by atomic mass is 35.5. The van der Waals surface area contributed by atoms with Crippen molar-refractivity contribution in [3.8, 4) is 0 Å². The second-order valence-corrected chi connectivity index (χ2v) is 5.34. The minimum Gasteiger partial charge on any atom is -0.450 e. The summed E-state index contributed by atoms with van der Waals surface area (Å²) in [5.74, 6) is 0.0225. The topological polar surface area (TPSA) is 83.2 Å². The number of para-hydroxylation sites is 1. The summed E-state index contributed by atoms with van der Waals surface area (Å²) in [7, 11) is 0. The van der Waals surface area contributed by atoms with E-state index in [1.165, 1.54) is 0 Å². The van der Waals surface area contributed by atoms with Gasteiger partial charge in [-0.1, -0.05) is 18.2 Å². The van der Waals surface area contributed by atoms with Gasteiger partial charge in [0, 0.05) is 35.9 Å². The number of aromatic nitrogens is 1. The van der Waals surface area contributed by atoms with Gasteiger partial charge < -0.3 is 20.4 Å². The van der Waals surface area contributed by atoms with Crippen molar-refractivity contribution in [3.63, 3.8) is 0 Å². The number of alkyl carbamates (subject to hydrolysis) is 1. The number of rotatable bonds is 7. The van der Waals surface area contributed by atoms with Gasteiger partial charge in [0.05, 0.1) is 6.61 Å². The van der Waals surface area contributed by atoms with Gasteiger partial charge in [0.15, 0.2) is 0 Å². The summed E-state index contributed by atoms with van der Waals surface area (Å²) in [5.41, 5.74) is 1.93. The zero-order valence-corrected chi connectivity index (χ0v) is 13.7. The second-order valence-electron chi connectivity index (χ2n) is 4.96. The van der Waals surface area contributed by atoms with Crippen molar-refractivity contribution < 1.29 is 14.3 Å². The molecule has 0 aliphatic rings. The van der Waals surface area contributed by atoms with Gasteiger partial charge in [0.25, 0.3) is 0 Å². The number of aromatic amines is 1. The Kier molecular flexibility index (Phi) is 6.29. The Bertz CT molecular complexity index is 671. The average molecular weight is 338 g/mol. The van der Waals surface area contributed by atoms with Gasteiger partial charge in [0.2, 0.25) is 5.91 Å². The maximum absolute atomic E-state index is 12.3. The third-order valence-electron chi connectivity index (χ3n) is 3.38. The molecular weight excluding hydrogens is 318 g/mol. The molecule has 0 aliphatic carbocycles. The van der Waals surface area contributed by atoms with Crippen LogP contribution in [-0.2, 0) is 16.0 Å². The molecule has 0 fully saturated rings. The van der Waals surface area contributed by atoms with Crippen LogP contribution >= 0.6 is 11.6 Å². The molecule has 0 saturated carbocycles. The fourth-order valence-electron chi connectivity index (χ4n) is 2.34. The molecule has 3 N–H and O–H groups in total. The Balaban J connectivity index is 2.15. The molecule has 1 heterocycles. The highest BCUT2D eigenvalue weighted by Crippen LogP contribution is 2.19. The monoisotopic (exact) mass is 337 g/mol. The van der Waals surface area contributed by atoms with Crippen LogP contribution in [-0.4, -0.2) is 42.1 Å². The van der Waals surface area contributed by atoms with E-state index in [1.807, 2.05) is 30.5 Å².